The number of amides is 2. The monoisotopic (exact) mass is 289 g/mol. The molecule has 110 valence electrons. The minimum atomic E-state index is -0.576. The first-order chi connectivity index (χ1) is 10.0. The summed E-state index contributed by atoms with van der Waals surface area (Å²) in [5.74, 6) is -0.879. The number of carbonyl (C=O) groups excluding carboxylic acids is 3. The highest BCUT2D eigenvalue weighted by Crippen LogP contribution is 2.11. The fourth-order valence-electron chi connectivity index (χ4n) is 1.67. The molecule has 1 aromatic rings. The average Bonchev–Trinajstić information content (AvgIpc) is 2.48. The Morgan fingerprint density at radius 3 is 2.62 bits per heavy atom. The van der Waals surface area contributed by atoms with Crippen LogP contribution in [0.25, 0.3) is 0 Å². The summed E-state index contributed by atoms with van der Waals surface area (Å²) < 4.78 is 5.06. The van der Waals surface area contributed by atoms with Crippen LogP contribution in [0.15, 0.2) is 29.4 Å². The van der Waals surface area contributed by atoms with Crippen molar-refractivity contribution in [1.82, 2.24) is 10.7 Å². The van der Waals surface area contributed by atoms with Gasteiger partial charge in [-0.25, -0.2) is 10.2 Å². The van der Waals surface area contributed by atoms with Gasteiger partial charge >= 0.3 is 5.97 Å². The van der Waals surface area contributed by atoms with E-state index in [0.717, 1.165) is 5.56 Å². The van der Waals surface area contributed by atoms with Gasteiger partial charge in [-0.3, -0.25) is 9.59 Å². The quantitative estimate of drug-likeness (QED) is 0.614. The lowest BCUT2D eigenvalue weighted by atomic mass is 10.1. The number of aryl methyl sites for hydroxylation is 1. The molecule has 0 radical (unpaired) electrons. The van der Waals surface area contributed by atoms with E-state index in [1.54, 1.807) is 12.1 Å². The van der Waals surface area contributed by atoms with Gasteiger partial charge in [-0.15, -0.1) is 0 Å². The SMILES string of the molecule is Cc1ccc(OC(=O)CNC(=O)C2=NNC(=O)CC2)cc1. The van der Waals surface area contributed by atoms with Gasteiger partial charge in [-0.05, 0) is 19.1 Å². The zero-order valence-corrected chi connectivity index (χ0v) is 11.5. The summed E-state index contributed by atoms with van der Waals surface area (Å²) in [6.45, 7) is 1.66. The van der Waals surface area contributed by atoms with E-state index in [1.165, 1.54) is 0 Å². The minimum absolute atomic E-state index is 0.192. The van der Waals surface area contributed by atoms with Crippen molar-refractivity contribution in [1.29, 1.82) is 0 Å². The Morgan fingerprint density at radius 2 is 2.00 bits per heavy atom. The molecule has 0 aliphatic carbocycles. The average molecular weight is 289 g/mol. The second kappa shape index (κ2) is 6.65. The molecular formula is C14H15N3O4. The van der Waals surface area contributed by atoms with Gasteiger partial charge in [0.15, 0.2) is 0 Å². The van der Waals surface area contributed by atoms with Gasteiger partial charge in [0, 0.05) is 12.8 Å². The van der Waals surface area contributed by atoms with Gasteiger partial charge < -0.3 is 10.1 Å². The van der Waals surface area contributed by atoms with E-state index in [9.17, 15) is 14.4 Å². The molecule has 7 nitrogen and oxygen atoms in total. The number of hydrogen-bond donors (Lipinski definition) is 2. The van der Waals surface area contributed by atoms with Crippen LogP contribution in [0.3, 0.4) is 0 Å². The zero-order valence-electron chi connectivity index (χ0n) is 11.5. The fourth-order valence-corrected chi connectivity index (χ4v) is 1.67. The van der Waals surface area contributed by atoms with Crippen LogP contribution < -0.4 is 15.5 Å². The molecule has 21 heavy (non-hydrogen) atoms. The molecule has 0 saturated carbocycles. The Balaban J connectivity index is 1.79. The van der Waals surface area contributed by atoms with Crippen molar-refractivity contribution in [3.8, 4) is 5.75 Å². The predicted molar refractivity (Wildman–Crippen MR) is 74.6 cm³/mol. The first-order valence-electron chi connectivity index (χ1n) is 6.45. The molecule has 0 unspecified atom stereocenters. The molecule has 0 atom stereocenters. The molecule has 0 saturated heterocycles. The molecule has 7 heteroatoms. The summed E-state index contributed by atoms with van der Waals surface area (Å²) >= 11 is 0. The lowest BCUT2D eigenvalue weighted by Crippen LogP contribution is -2.39. The normalized spacial score (nSPS) is 14.0. The van der Waals surface area contributed by atoms with Crippen LogP contribution in [0, 0.1) is 6.92 Å². The van der Waals surface area contributed by atoms with Crippen LogP contribution >= 0.6 is 0 Å². The van der Waals surface area contributed by atoms with E-state index in [0.29, 0.717) is 5.75 Å². The van der Waals surface area contributed by atoms with E-state index >= 15 is 0 Å². The van der Waals surface area contributed by atoms with Crippen LogP contribution in [0.5, 0.6) is 5.75 Å². The molecule has 1 aromatic carbocycles. The summed E-state index contributed by atoms with van der Waals surface area (Å²) in [6.07, 6.45) is 0.463. The Bertz CT molecular complexity index is 593. The van der Waals surface area contributed by atoms with Crippen molar-refractivity contribution in [2.24, 2.45) is 5.10 Å². The maximum absolute atomic E-state index is 11.7. The molecule has 1 aliphatic heterocycles. The van der Waals surface area contributed by atoms with Crippen molar-refractivity contribution >= 4 is 23.5 Å². The number of nitrogens with zero attached hydrogens (tertiary/aromatic N) is 1. The molecule has 0 aromatic heterocycles. The number of carbonyl (C=O) groups is 3. The van der Waals surface area contributed by atoms with Gasteiger partial charge in [-0.1, -0.05) is 17.7 Å². The van der Waals surface area contributed by atoms with Crippen molar-refractivity contribution in [3.05, 3.63) is 29.8 Å². The highest BCUT2D eigenvalue weighted by molar-refractivity contribution is 6.39. The number of nitrogens with one attached hydrogen (secondary N) is 2. The first-order valence-corrected chi connectivity index (χ1v) is 6.45. The van der Waals surface area contributed by atoms with Gasteiger partial charge in [0.2, 0.25) is 5.91 Å². The summed E-state index contributed by atoms with van der Waals surface area (Å²) in [6, 6.07) is 6.99. The molecule has 1 aliphatic rings. The minimum Gasteiger partial charge on any atom is -0.425 e. The van der Waals surface area contributed by atoms with E-state index in [4.69, 9.17) is 4.74 Å². The smallest absolute Gasteiger partial charge is 0.330 e. The lowest BCUT2D eigenvalue weighted by Gasteiger charge is -2.11. The third kappa shape index (κ3) is 4.41. The molecule has 2 amide bonds. The molecule has 0 fully saturated rings. The van der Waals surface area contributed by atoms with E-state index in [2.05, 4.69) is 15.8 Å². The van der Waals surface area contributed by atoms with Gasteiger partial charge in [-0.2, -0.15) is 5.10 Å². The second-order valence-electron chi connectivity index (χ2n) is 4.56. The number of ether oxygens (including phenoxy) is 1. The maximum Gasteiger partial charge on any atom is 0.330 e. The third-order valence-electron chi connectivity index (χ3n) is 2.81. The first kappa shape index (κ1) is 14.7. The molecular weight excluding hydrogens is 274 g/mol. The Morgan fingerprint density at radius 1 is 1.29 bits per heavy atom. The van der Waals surface area contributed by atoms with Gasteiger partial charge in [0.25, 0.3) is 5.91 Å². The number of rotatable bonds is 4. The fraction of sp³-hybridized carbons (Fsp3) is 0.286. The third-order valence-corrected chi connectivity index (χ3v) is 2.81. The van der Waals surface area contributed by atoms with Crippen LogP contribution in [-0.2, 0) is 14.4 Å². The summed E-state index contributed by atoms with van der Waals surface area (Å²) in [4.78, 5) is 34.2. The lowest BCUT2D eigenvalue weighted by molar-refractivity contribution is -0.134. The van der Waals surface area contributed by atoms with Crippen LogP contribution in [0.2, 0.25) is 0 Å². The Kier molecular flexibility index (Phi) is 4.65. The van der Waals surface area contributed by atoms with E-state index < -0.39 is 11.9 Å². The van der Waals surface area contributed by atoms with E-state index in [1.807, 2.05) is 19.1 Å². The largest absolute Gasteiger partial charge is 0.425 e. The van der Waals surface area contributed by atoms with Crippen molar-refractivity contribution < 1.29 is 19.1 Å². The summed E-state index contributed by atoms with van der Waals surface area (Å²) in [5.41, 5.74) is 3.47. The van der Waals surface area contributed by atoms with Crippen LogP contribution in [0.1, 0.15) is 18.4 Å². The standard InChI is InChI=1S/C14H15N3O4/c1-9-2-4-10(5-3-9)21-13(19)8-15-14(20)11-6-7-12(18)17-16-11/h2-5H,6-8H2,1H3,(H,15,20)(H,17,18). The molecule has 0 spiro atoms. The number of esters is 1. The van der Waals surface area contributed by atoms with Crippen molar-refractivity contribution in [2.45, 2.75) is 19.8 Å². The molecule has 2 rings (SSSR count). The van der Waals surface area contributed by atoms with E-state index in [-0.39, 0.29) is 31.0 Å². The van der Waals surface area contributed by atoms with Gasteiger partial charge in [0.05, 0.1) is 0 Å². The Hall–Kier alpha value is -2.70. The second-order valence-corrected chi connectivity index (χ2v) is 4.56. The maximum atomic E-state index is 11.7. The number of hydrogen-bond acceptors (Lipinski definition) is 5. The topological polar surface area (TPSA) is 96.9 Å². The van der Waals surface area contributed by atoms with Crippen molar-refractivity contribution in [3.63, 3.8) is 0 Å². The molecule has 1 heterocycles. The predicted octanol–water partition coefficient (Wildman–Crippen LogP) is 0.283. The molecule has 2 N–H and O–H groups in total. The van der Waals surface area contributed by atoms with Crippen LogP contribution in [0.4, 0.5) is 0 Å². The summed E-state index contributed by atoms with van der Waals surface area (Å²) in [7, 11) is 0. The molecule has 0 bridgehead atoms. The highest BCUT2D eigenvalue weighted by Gasteiger charge is 2.18. The van der Waals surface area contributed by atoms with Crippen LogP contribution in [-0.4, -0.2) is 30.0 Å². The highest BCUT2D eigenvalue weighted by atomic mass is 16.5. The van der Waals surface area contributed by atoms with Gasteiger partial charge in [0.1, 0.15) is 18.0 Å². The summed E-state index contributed by atoms with van der Waals surface area (Å²) in [5, 5.41) is 6.04. The Labute approximate surface area is 121 Å². The zero-order chi connectivity index (χ0) is 15.2. The number of hydrazone groups is 1. The van der Waals surface area contributed by atoms with Crippen molar-refractivity contribution in [2.75, 3.05) is 6.54 Å². The number of benzene rings is 1.